The smallest absolute Gasteiger partial charge is 0.260 e. The summed E-state index contributed by atoms with van der Waals surface area (Å²) >= 11 is 0. The van der Waals surface area contributed by atoms with Crippen molar-refractivity contribution in [2.45, 2.75) is 38.1 Å². The summed E-state index contributed by atoms with van der Waals surface area (Å²) in [4.78, 5) is 32.9. The van der Waals surface area contributed by atoms with Gasteiger partial charge in [0.2, 0.25) is 5.91 Å². The first kappa shape index (κ1) is 17.8. The van der Waals surface area contributed by atoms with Crippen molar-refractivity contribution in [2.24, 2.45) is 0 Å². The van der Waals surface area contributed by atoms with Gasteiger partial charge in [-0.1, -0.05) is 12.1 Å². The number of benzene rings is 1. The van der Waals surface area contributed by atoms with Gasteiger partial charge in [-0.15, -0.1) is 0 Å². The summed E-state index contributed by atoms with van der Waals surface area (Å²) in [6.45, 7) is 2.28. The number of amides is 2. The summed E-state index contributed by atoms with van der Waals surface area (Å²) < 4.78 is 5.80. The molecule has 0 bridgehead atoms. The van der Waals surface area contributed by atoms with Crippen molar-refractivity contribution in [3.05, 3.63) is 36.5 Å². The number of rotatable bonds is 4. The Bertz CT molecular complexity index is 825. The molecule has 2 saturated heterocycles. The number of hydrogen-bond acceptors (Lipinski definition) is 4. The maximum absolute atomic E-state index is 12.6. The zero-order valence-corrected chi connectivity index (χ0v) is 15.5. The van der Waals surface area contributed by atoms with Crippen molar-refractivity contribution in [3.8, 4) is 5.75 Å². The molecule has 6 heteroatoms. The van der Waals surface area contributed by atoms with Gasteiger partial charge >= 0.3 is 0 Å². The number of fused-ring (bicyclic) bond motifs is 1. The van der Waals surface area contributed by atoms with Crippen molar-refractivity contribution >= 4 is 22.7 Å². The number of carbonyl (C=O) groups excluding carboxylic acids is 2. The molecule has 1 aromatic carbocycles. The van der Waals surface area contributed by atoms with E-state index < -0.39 is 0 Å². The average molecular weight is 367 g/mol. The molecule has 0 unspecified atom stereocenters. The summed E-state index contributed by atoms with van der Waals surface area (Å²) in [6, 6.07) is 9.82. The maximum Gasteiger partial charge on any atom is 0.260 e. The summed E-state index contributed by atoms with van der Waals surface area (Å²) in [6.07, 6.45) is 6.19. The second kappa shape index (κ2) is 7.94. The Morgan fingerprint density at radius 1 is 1.11 bits per heavy atom. The van der Waals surface area contributed by atoms with Crippen molar-refractivity contribution in [3.63, 3.8) is 0 Å². The molecule has 2 aliphatic heterocycles. The Morgan fingerprint density at radius 2 is 1.93 bits per heavy atom. The van der Waals surface area contributed by atoms with Crippen LogP contribution in [0.15, 0.2) is 36.5 Å². The first-order valence-electron chi connectivity index (χ1n) is 9.76. The number of pyridine rings is 1. The van der Waals surface area contributed by atoms with E-state index in [1.165, 1.54) is 0 Å². The van der Waals surface area contributed by atoms with Crippen LogP contribution in [0, 0.1) is 0 Å². The topological polar surface area (TPSA) is 62.7 Å². The molecule has 2 aliphatic rings. The number of ether oxygens (including phenoxy) is 1. The monoisotopic (exact) mass is 367 g/mol. The fraction of sp³-hybridized carbons (Fsp3) is 0.476. The van der Waals surface area contributed by atoms with Crippen LogP contribution in [-0.4, -0.2) is 58.9 Å². The van der Waals surface area contributed by atoms with E-state index in [4.69, 9.17) is 4.74 Å². The lowest BCUT2D eigenvalue weighted by molar-refractivity contribution is -0.139. The highest BCUT2D eigenvalue weighted by Gasteiger charge is 2.30. The molecule has 0 N–H and O–H groups in total. The largest absolute Gasteiger partial charge is 0.483 e. The van der Waals surface area contributed by atoms with Crippen molar-refractivity contribution in [2.75, 3.05) is 26.2 Å². The Balaban J connectivity index is 1.31. The molecule has 3 heterocycles. The van der Waals surface area contributed by atoms with Crippen LogP contribution in [0.1, 0.15) is 32.1 Å². The van der Waals surface area contributed by atoms with Gasteiger partial charge in [0.1, 0.15) is 5.75 Å². The second-order valence-corrected chi connectivity index (χ2v) is 7.27. The van der Waals surface area contributed by atoms with E-state index in [1.54, 1.807) is 12.3 Å². The van der Waals surface area contributed by atoms with Gasteiger partial charge in [0.05, 0.1) is 5.52 Å². The van der Waals surface area contributed by atoms with E-state index in [1.807, 2.05) is 34.1 Å². The molecular weight excluding hydrogens is 342 g/mol. The molecular formula is C21H25N3O3. The molecule has 0 saturated carbocycles. The zero-order chi connectivity index (χ0) is 18.6. The number of carbonyl (C=O) groups is 2. The summed E-state index contributed by atoms with van der Waals surface area (Å²) in [5, 5.41) is 0.912. The third-order valence-electron chi connectivity index (χ3n) is 5.58. The van der Waals surface area contributed by atoms with Gasteiger partial charge < -0.3 is 14.5 Å². The lowest BCUT2D eigenvalue weighted by Gasteiger charge is -2.40. The summed E-state index contributed by atoms with van der Waals surface area (Å²) in [5.41, 5.74) is 0.856. The fourth-order valence-corrected chi connectivity index (χ4v) is 4.07. The number of aromatic nitrogens is 1. The fourth-order valence-electron chi connectivity index (χ4n) is 4.07. The molecule has 0 spiro atoms. The average Bonchev–Trinajstić information content (AvgIpc) is 2.72. The van der Waals surface area contributed by atoms with Crippen LogP contribution in [-0.2, 0) is 9.59 Å². The van der Waals surface area contributed by atoms with E-state index in [0.717, 1.165) is 43.1 Å². The minimum Gasteiger partial charge on any atom is -0.483 e. The highest BCUT2D eigenvalue weighted by atomic mass is 16.5. The van der Waals surface area contributed by atoms with Gasteiger partial charge in [-0.3, -0.25) is 14.6 Å². The van der Waals surface area contributed by atoms with Gasteiger partial charge in [0, 0.05) is 43.7 Å². The van der Waals surface area contributed by atoms with Crippen molar-refractivity contribution in [1.29, 1.82) is 0 Å². The SMILES string of the molecule is O=C(COc1ccnc2ccccc12)N1CCC(N2CCCCC2=O)CC1. The third-order valence-corrected chi connectivity index (χ3v) is 5.58. The van der Waals surface area contributed by atoms with Crippen LogP contribution >= 0.6 is 0 Å². The van der Waals surface area contributed by atoms with E-state index >= 15 is 0 Å². The van der Waals surface area contributed by atoms with Gasteiger partial charge in [0.25, 0.3) is 5.91 Å². The lowest BCUT2D eigenvalue weighted by Crippen LogP contribution is -2.50. The van der Waals surface area contributed by atoms with Crippen LogP contribution in [0.2, 0.25) is 0 Å². The predicted molar refractivity (Wildman–Crippen MR) is 102 cm³/mol. The van der Waals surface area contributed by atoms with Crippen LogP contribution in [0.3, 0.4) is 0 Å². The van der Waals surface area contributed by atoms with Crippen LogP contribution in [0.4, 0.5) is 0 Å². The molecule has 0 aliphatic carbocycles. The second-order valence-electron chi connectivity index (χ2n) is 7.27. The standard InChI is InChI=1S/C21H25N3O3/c25-20-7-3-4-12-24(20)16-9-13-23(14-10-16)21(26)15-27-19-8-11-22-18-6-2-1-5-17(18)19/h1-2,5-6,8,11,16H,3-4,7,9-10,12-15H2. The lowest BCUT2D eigenvalue weighted by atomic mass is 9.99. The number of likely N-dealkylation sites (tertiary alicyclic amines) is 2. The first-order chi connectivity index (χ1) is 13.2. The number of hydrogen-bond donors (Lipinski definition) is 0. The molecule has 0 atom stereocenters. The Kier molecular flexibility index (Phi) is 5.23. The van der Waals surface area contributed by atoms with Gasteiger partial charge in [-0.25, -0.2) is 0 Å². The molecule has 2 fully saturated rings. The summed E-state index contributed by atoms with van der Waals surface area (Å²) in [7, 11) is 0. The molecule has 1 aromatic heterocycles. The molecule has 2 aromatic rings. The molecule has 2 amide bonds. The molecule has 0 radical (unpaired) electrons. The number of nitrogens with zero attached hydrogens (tertiary/aromatic N) is 3. The molecule has 4 rings (SSSR count). The predicted octanol–water partition coefficient (Wildman–Crippen LogP) is 2.62. The zero-order valence-electron chi connectivity index (χ0n) is 15.5. The van der Waals surface area contributed by atoms with Gasteiger partial charge in [0.15, 0.2) is 6.61 Å². The molecule has 27 heavy (non-hydrogen) atoms. The van der Waals surface area contributed by atoms with Crippen LogP contribution in [0.5, 0.6) is 5.75 Å². The quantitative estimate of drug-likeness (QED) is 0.833. The highest BCUT2D eigenvalue weighted by molar-refractivity contribution is 5.85. The molecule has 142 valence electrons. The molecule has 6 nitrogen and oxygen atoms in total. The normalized spacial score (nSPS) is 18.7. The summed E-state index contributed by atoms with van der Waals surface area (Å²) in [5.74, 6) is 0.959. The van der Waals surface area contributed by atoms with E-state index in [-0.39, 0.29) is 24.5 Å². The first-order valence-corrected chi connectivity index (χ1v) is 9.76. The Hall–Kier alpha value is -2.63. The van der Waals surface area contributed by atoms with Gasteiger partial charge in [-0.05, 0) is 43.9 Å². The minimum absolute atomic E-state index is 0.000635. The van der Waals surface area contributed by atoms with Crippen LogP contribution in [0.25, 0.3) is 10.9 Å². The van der Waals surface area contributed by atoms with E-state index in [9.17, 15) is 9.59 Å². The highest BCUT2D eigenvalue weighted by Crippen LogP contribution is 2.24. The van der Waals surface area contributed by atoms with Gasteiger partial charge in [-0.2, -0.15) is 0 Å². The Morgan fingerprint density at radius 3 is 2.74 bits per heavy atom. The number of para-hydroxylation sites is 1. The van der Waals surface area contributed by atoms with E-state index in [0.29, 0.717) is 25.3 Å². The van der Waals surface area contributed by atoms with Crippen molar-refractivity contribution in [1.82, 2.24) is 14.8 Å². The van der Waals surface area contributed by atoms with Crippen molar-refractivity contribution < 1.29 is 14.3 Å². The van der Waals surface area contributed by atoms with Crippen LogP contribution < -0.4 is 4.74 Å². The minimum atomic E-state index is -0.000635. The van der Waals surface area contributed by atoms with E-state index in [2.05, 4.69) is 4.98 Å². The Labute approximate surface area is 159 Å². The third kappa shape index (κ3) is 3.89. The number of piperidine rings is 2. The maximum atomic E-state index is 12.6.